The van der Waals surface area contributed by atoms with Gasteiger partial charge in [0.05, 0.1) is 22.2 Å². The van der Waals surface area contributed by atoms with Crippen LogP contribution in [0.3, 0.4) is 0 Å². The number of ether oxygens (including phenoxy) is 1. The molecule has 0 aliphatic carbocycles. The van der Waals surface area contributed by atoms with Crippen LogP contribution in [-0.4, -0.2) is 35.7 Å². The Kier molecular flexibility index (Phi) is 4.82. The summed E-state index contributed by atoms with van der Waals surface area (Å²) in [5, 5.41) is 12.4. The van der Waals surface area contributed by atoms with Crippen LogP contribution in [-0.2, 0) is 23.1 Å². The second kappa shape index (κ2) is 6.44. The van der Waals surface area contributed by atoms with Gasteiger partial charge in [0.1, 0.15) is 0 Å². The minimum absolute atomic E-state index is 0.345. The predicted octanol–water partition coefficient (Wildman–Crippen LogP) is 1.93. The summed E-state index contributed by atoms with van der Waals surface area (Å²) in [6.07, 6.45) is -5.05. The Labute approximate surface area is 144 Å². The van der Waals surface area contributed by atoms with Crippen LogP contribution < -0.4 is 10.3 Å². The van der Waals surface area contributed by atoms with Gasteiger partial charge in [0.25, 0.3) is 0 Å². The van der Waals surface area contributed by atoms with Crippen molar-refractivity contribution >= 4 is 16.0 Å². The lowest BCUT2D eigenvalue weighted by Gasteiger charge is -2.14. The van der Waals surface area contributed by atoms with Crippen molar-refractivity contribution in [1.82, 2.24) is 9.78 Å². The summed E-state index contributed by atoms with van der Waals surface area (Å²) in [6, 6.07) is 1.81. The Balaban J connectivity index is 2.87. The third kappa shape index (κ3) is 3.85. The highest BCUT2D eigenvalue weighted by Crippen LogP contribution is 2.37. The Hall–Kier alpha value is -2.89. The van der Waals surface area contributed by atoms with Crippen LogP contribution in [0.25, 0.3) is 11.1 Å². The number of rotatable bonds is 3. The highest BCUT2D eigenvalue weighted by molar-refractivity contribution is 7.90. The number of aryl methyl sites for hydroxylation is 1. The van der Waals surface area contributed by atoms with E-state index >= 15 is 0 Å². The molecule has 0 saturated heterocycles. The number of carboxylic acid groups (broad SMARTS) is 1. The molecule has 0 aliphatic rings. The average Bonchev–Trinajstić information content (AvgIpc) is 2.49. The van der Waals surface area contributed by atoms with Crippen molar-refractivity contribution in [3.8, 4) is 16.9 Å². The molecule has 1 N–H and O–H groups in total. The summed E-state index contributed by atoms with van der Waals surface area (Å²) in [5.41, 5.74) is -2.95. The minimum Gasteiger partial charge on any atom is -0.449 e. The largest absolute Gasteiger partial charge is 0.511 e. The number of nitrogens with zero attached hydrogens (tertiary/aromatic N) is 2. The standard InChI is InChI=1S/C14H11F3N2O6S/c1-19-12(20)11(25-13(21)22)9(6-18-19)8-4-3-7(14(15,16)17)5-10(8)26(2,23)24/h3-6H,1-2H3,(H,21,22). The van der Waals surface area contributed by atoms with Crippen molar-refractivity contribution in [2.75, 3.05) is 6.26 Å². The van der Waals surface area contributed by atoms with Gasteiger partial charge in [-0.25, -0.2) is 17.9 Å². The first-order chi connectivity index (χ1) is 11.8. The van der Waals surface area contributed by atoms with Crippen molar-refractivity contribution in [2.45, 2.75) is 11.1 Å². The second-order valence-corrected chi connectivity index (χ2v) is 7.15. The average molecular weight is 392 g/mol. The first-order valence-electron chi connectivity index (χ1n) is 6.71. The zero-order valence-corrected chi connectivity index (χ0v) is 14.1. The number of sulfone groups is 1. The molecule has 2 aromatic rings. The first kappa shape index (κ1) is 19.4. The Morgan fingerprint density at radius 2 is 1.88 bits per heavy atom. The molecule has 0 amide bonds. The van der Waals surface area contributed by atoms with E-state index in [1.165, 1.54) is 7.05 Å². The normalized spacial score (nSPS) is 12.0. The molecule has 0 aliphatic heterocycles. The van der Waals surface area contributed by atoms with Gasteiger partial charge in [-0.15, -0.1) is 0 Å². The summed E-state index contributed by atoms with van der Waals surface area (Å²) >= 11 is 0. The van der Waals surface area contributed by atoms with E-state index < -0.39 is 43.9 Å². The molecule has 0 saturated carbocycles. The summed E-state index contributed by atoms with van der Waals surface area (Å²) in [5.74, 6) is -0.778. The number of benzene rings is 1. The van der Waals surface area contributed by atoms with Crippen molar-refractivity contribution in [2.24, 2.45) is 7.05 Å². The van der Waals surface area contributed by atoms with E-state index in [2.05, 4.69) is 9.84 Å². The van der Waals surface area contributed by atoms with Crippen LogP contribution >= 0.6 is 0 Å². The van der Waals surface area contributed by atoms with Gasteiger partial charge in [-0.3, -0.25) is 4.79 Å². The van der Waals surface area contributed by atoms with Crippen molar-refractivity contribution < 1.29 is 36.2 Å². The molecule has 0 bridgehead atoms. The van der Waals surface area contributed by atoms with E-state index in [-0.39, 0.29) is 11.1 Å². The van der Waals surface area contributed by atoms with E-state index in [0.29, 0.717) is 18.4 Å². The maximum absolute atomic E-state index is 12.9. The fourth-order valence-electron chi connectivity index (χ4n) is 2.12. The fraction of sp³-hybridized carbons (Fsp3) is 0.214. The number of carbonyl (C=O) groups is 1. The summed E-state index contributed by atoms with van der Waals surface area (Å²) in [7, 11) is -2.99. The van der Waals surface area contributed by atoms with Gasteiger partial charge in [-0.05, 0) is 12.1 Å². The lowest BCUT2D eigenvalue weighted by atomic mass is 10.0. The third-order valence-corrected chi connectivity index (χ3v) is 4.42. The molecular formula is C14H11F3N2O6S. The maximum Gasteiger partial charge on any atom is 0.511 e. The van der Waals surface area contributed by atoms with Crippen LogP contribution in [0, 0.1) is 0 Å². The molecule has 1 heterocycles. The van der Waals surface area contributed by atoms with Gasteiger partial charge in [-0.2, -0.15) is 18.3 Å². The van der Waals surface area contributed by atoms with Gasteiger partial charge in [0.2, 0.25) is 5.75 Å². The number of hydrogen-bond donors (Lipinski definition) is 1. The Bertz CT molecular complexity index is 1040. The third-order valence-electron chi connectivity index (χ3n) is 3.28. The molecule has 0 spiro atoms. The number of aromatic nitrogens is 2. The van der Waals surface area contributed by atoms with Gasteiger partial charge >= 0.3 is 17.9 Å². The number of halogens is 3. The van der Waals surface area contributed by atoms with Crippen LogP contribution in [0.15, 0.2) is 34.1 Å². The number of alkyl halides is 3. The van der Waals surface area contributed by atoms with Crippen LogP contribution in [0.4, 0.5) is 18.0 Å². The molecule has 26 heavy (non-hydrogen) atoms. The molecule has 1 aromatic carbocycles. The zero-order valence-electron chi connectivity index (χ0n) is 13.2. The second-order valence-electron chi connectivity index (χ2n) is 5.16. The topological polar surface area (TPSA) is 116 Å². The van der Waals surface area contributed by atoms with Crippen LogP contribution in [0.2, 0.25) is 0 Å². The molecular weight excluding hydrogens is 381 g/mol. The van der Waals surface area contributed by atoms with Crippen molar-refractivity contribution in [3.63, 3.8) is 0 Å². The molecule has 0 atom stereocenters. The van der Waals surface area contributed by atoms with E-state index in [1.54, 1.807) is 0 Å². The fourth-order valence-corrected chi connectivity index (χ4v) is 3.04. The van der Waals surface area contributed by atoms with E-state index in [4.69, 9.17) is 5.11 Å². The molecule has 12 heteroatoms. The molecule has 8 nitrogen and oxygen atoms in total. The lowest BCUT2D eigenvalue weighted by Crippen LogP contribution is -2.24. The van der Waals surface area contributed by atoms with Gasteiger partial charge in [-0.1, -0.05) is 6.07 Å². The molecule has 1 aromatic heterocycles. The molecule has 2 rings (SSSR count). The van der Waals surface area contributed by atoms with E-state index in [0.717, 1.165) is 16.9 Å². The number of hydrogen-bond acceptors (Lipinski definition) is 6. The SMILES string of the molecule is Cn1ncc(-c2ccc(C(F)(F)F)cc2S(C)(=O)=O)c(OC(=O)O)c1=O. The van der Waals surface area contributed by atoms with Gasteiger partial charge in [0, 0.05) is 18.9 Å². The van der Waals surface area contributed by atoms with Gasteiger partial charge < -0.3 is 9.84 Å². The molecule has 0 fully saturated rings. The van der Waals surface area contributed by atoms with E-state index in [1.807, 2.05) is 0 Å². The quantitative estimate of drug-likeness (QED) is 0.794. The molecule has 0 radical (unpaired) electrons. The highest BCUT2D eigenvalue weighted by Gasteiger charge is 2.33. The summed E-state index contributed by atoms with van der Waals surface area (Å²) in [4.78, 5) is 22.1. The predicted molar refractivity (Wildman–Crippen MR) is 81.7 cm³/mol. The zero-order chi connectivity index (χ0) is 19.9. The lowest BCUT2D eigenvalue weighted by molar-refractivity contribution is -0.137. The Morgan fingerprint density at radius 1 is 1.27 bits per heavy atom. The molecule has 0 unspecified atom stereocenters. The summed E-state index contributed by atoms with van der Waals surface area (Å²) in [6.45, 7) is 0. The van der Waals surface area contributed by atoms with Gasteiger partial charge in [0.15, 0.2) is 9.84 Å². The maximum atomic E-state index is 12.9. The van der Waals surface area contributed by atoms with Crippen molar-refractivity contribution in [3.05, 3.63) is 40.3 Å². The highest BCUT2D eigenvalue weighted by atomic mass is 32.2. The smallest absolute Gasteiger partial charge is 0.449 e. The molecule has 140 valence electrons. The summed E-state index contributed by atoms with van der Waals surface area (Å²) < 4.78 is 67.7. The minimum atomic E-state index is -4.80. The first-order valence-corrected chi connectivity index (χ1v) is 8.60. The monoisotopic (exact) mass is 392 g/mol. The van der Waals surface area contributed by atoms with Crippen LogP contribution in [0.5, 0.6) is 5.75 Å². The van der Waals surface area contributed by atoms with Crippen molar-refractivity contribution in [1.29, 1.82) is 0 Å². The van der Waals surface area contributed by atoms with Crippen LogP contribution in [0.1, 0.15) is 5.56 Å². The van der Waals surface area contributed by atoms with E-state index in [9.17, 15) is 31.2 Å². The Morgan fingerprint density at radius 3 is 2.38 bits per heavy atom.